The number of nitrogens with two attached hydrogens (primary N) is 1. The molecule has 0 spiro atoms. The second kappa shape index (κ2) is 3.71. The van der Waals surface area contributed by atoms with Gasteiger partial charge >= 0.3 is 6.08 Å². The van der Waals surface area contributed by atoms with Crippen molar-refractivity contribution in [3.05, 3.63) is 35.0 Å². The van der Waals surface area contributed by atoms with E-state index in [1.165, 1.54) is 6.26 Å². The topological polar surface area (TPSA) is 61.3 Å². The number of anilines is 1. The molecular weight excluding hydrogens is 248 g/mol. The summed E-state index contributed by atoms with van der Waals surface area (Å²) in [6, 6.07) is 7.40. The van der Waals surface area contributed by atoms with E-state index < -0.39 is 0 Å². The zero-order chi connectivity index (χ0) is 9.97. The van der Waals surface area contributed by atoms with Gasteiger partial charge in [0.05, 0.1) is 4.47 Å². The summed E-state index contributed by atoms with van der Waals surface area (Å²) in [5.74, 6) is 0.932. The fraction of sp³-hybridized carbons (Fsp3) is 0. The first-order valence-corrected chi connectivity index (χ1v) is 4.68. The highest BCUT2D eigenvalue weighted by atomic mass is 79.9. The Kier molecular flexibility index (Phi) is 2.41. The zero-order valence-electron chi connectivity index (χ0n) is 7.11. The van der Waals surface area contributed by atoms with Crippen LogP contribution < -0.4 is 10.5 Å². The van der Waals surface area contributed by atoms with Crippen LogP contribution in [0.15, 0.2) is 39.4 Å². The van der Waals surface area contributed by atoms with Crippen LogP contribution in [-0.2, 0) is 0 Å². The van der Waals surface area contributed by atoms with Gasteiger partial charge in [0.2, 0.25) is 0 Å². The lowest BCUT2D eigenvalue weighted by molar-refractivity contribution is 0.329. The van der Waals surface area contributed by atoms with Gasteiger partial charge < -0.3 is 14.9 Å². The van der Waals surface area contributed by atoms with E-state index in [0.29, 0.717) is 11.6 Å². The van der Waals surface area contributed by atoms with Crippen LogP contribution in [-0.4, -0.2) is 4.98 Å². The molecule has 0 radical (unpaired) electrons. The Morgan fingerprint density at radius 3 is 2.79 bits per heavy atom. The first-order chi connectivity index (χ1) is 6.75. The largest absolute Gasteiger partial charge is 0.415 e. The first-order valence-electron chi connectivity index (χ1n) is 3.89. The number of halogens is 1. The number of nitrogen functional groups attached to an aromatic ring is 1. The van der Waals surface area contributed by atoms with Crippen molar-refractivity contribution in [3.8, 4) is 11.8 Å². The second-order valence-electron chi connectivity index (χ2n) is 2.57. The summed E-state index contributed by atoms with van der Waals surface area (Å²) in [7, 11) is 0. The van der Waals surface area contributed by atoms with Crippen molar-refractivity contribution < 1.29 is 9.15 Å². The van der Waals surface area contributed by atoms with Crippen molar-refractivity contribution in [2.45, 2.75) is 0 Å². The molecule has 0 saturated heterocycles. The SMILES string of the molecule is Nc1coc(Oc2ccccc2Br)n1. The van der Waals surface area contributed by atoms with Crippen molar-refractivity contribution in [1.82, 2.24) is 4.98 Å². The minimum Gasteiger partial charge on any atom is -0.415 e. The highest BCUT2D eigenvalue weighted by molar-refractivity contribution is 9.10. The fourth-order valence-electron chi connectivity index (χ4n) is 0.937. The van der Waals surface area contributed by atoms with Gasteiger partial charge in [-0.1, -0.05) is 12.1 Å². The van der Waals surface area contributed by atoms with E-state index in [0.717, 1.165) is 4.47 Å². The van der Waals surface area contributed by atoms with Crippen LogP contribution in [0, 0.1) is 0 Å². The minimum atomic E-state index is 0.134. The van der Waals surface area contributed by atoms with Crippen LogP contribution in [0.5, 0.6) is 11.8 Å². The molecule has 1 heterocycles. The molecule has 14 heavy (non-hydrogen) atoms. The van der Waals surface area contributed by atoms with Gasteiger partial charge in [0.1, 0.15) is 12.0 Å². The Balaban J connectivity index is 2.23. The summed E-state index contributed by atoms with van der Waals surface area (Å²) >= 11 is 3.33. The molecule has 72 valence electrons. The number of para-hydroxylation sites is 1. The van der Waals surface area contributed by atoms with Gasteiger partial charge in [-0.25, -0.2) is 0 Å². The van der Waals surface area contributed by atoms with Gasteiger partial charge in [-0.15, -0.1) is 0 Å². The lowest BCUT2D eigenvalue weighted by Gasteiger charge is -2.01. The van der Waals surface area contributed by atoms with Gasteiger partial charge in [0, 0.05) is 0 Å². The van der Waals surface area contributed by atoms with E-state index in [4.69, 9.17) is 14.9 Å². The van der Waals surface area contributed by atoms with Crippen LogP contribution in [0.3, 0.4) is 0 Å². The third-order valence-electron chi connectivity index (χ3n) is 1.53. The van der Waals surface area contributed by atoms with E-state index in [-0.39, 0.29) is 6.08 Å². The Hall–Kier alpha value is -1.49. The molecule has 2 rings (SSSR count). The predicted octanol–water partition coefficient (Wildman–Crippen LogP) is 2.81. The van der Waals surface area contributed by atoms with Crippen LogP contribution >= 0.6 is 15.9 Å². The van der Waals surface area contributed by atoms with Gasteiger partial charge in [-0.3, -0.25) is 0 Å². The summed E-state index contributed by atoms with van der Waals surface area (Å²) in [5.41, 5.74) is 5.37. The molecule has 0 aliphatic rings. The minimum absolute atomic E-state index is 0.134. The average Bonchev–Trinajstić information content (AvgIpc) is 2.56. The molecule has 0 aliphatic carbocycles. The number of benzene rings is 1. The molecule has 0 bridgehead atoms. The van der Waals surface area contributed by atoms with Crippen LogP contribution in [0.25, 0.3) is 0 Å². The van der Waals surface area contributed by atoms with Gasteiger partial charge in [-0.05, 0) is 28.1 Å². The Morgan fingerprint density at radius 2 is 2.14 bits per heavy atom. The van der Waals surface area contributed by atoms with Crippen molar-refractivity contribution in [2.24, 2.45) is 0 Å². The summed E-state index contributed by atoms with van der Waals surface area (Å²) in [6.45, 7) is 0. The van der Waals surface area contributed by atoms with Crippen molar-refractivity contribution in [1.29, 1.82) is 0 Å². The maximum Gasteiger partial charge on any atom is 0.401 e. The standard InChI is InChI=1S/C9H7BrN2O2/c10-6-3-1-2-4-7(6)14-9-12-8(11)5-13-9/h1-5H,11H2. The van der Waals surface area contributed by atoms with E-state index in [2.05, 4.69) is 20.9 Å². The molecular formula is C9H7BrN2O2. The van der Waals surface area contributed by atoms with E-state index in [1.54, 1.807) is 6.07 Å². The Labute approximate surface area is 88.8 Å². The van der Waals surface area contributed by atoms with Crippen LogP contribution in [0.4, 0.5) is 5.82 Å². The smallest absolute Gasteiger partial charge is 0.401 e. The molecule has 2 N–H and O–H groups in total. The van der Waals surface area contributed by atoms with Gasteiger partial charge in [0.15, 0.2) is 5.82 Å². The molecule has 4 nitrogen and oxygen atoms in total. The van der Waals surface area contributed by atoms with E-state index >= 15 is 0 Å². The van der Waals surface area contributed by atoms with Gasteiger partial charge in [0.25, 0.3) is 0 Å². The summed E-state index contributed by atoms with van der Waals surface area (Å²) < 4.78 is 11.1. The number of hydrogen-bond acceptors (Lipinski definition) is 4. The molecule has 0 atom stereocenters. The molecule has 1 aromatic heterocycles. The first kappa shape index (κ1) is 9.08. The molecule has 5 heteroatoms. The second-order valence-corrected chi connectivity index (χ2v) is 3.43. The van der Waals surface area contributed by atoms with Crippen LogP contribution in [0.1, 0.15) is 0 Å². The normalized spacial score (nSPS) is 10.1. The molecule has 0 fully saturated rings. The highest BCUT2D eigenvalue weighted by Crippen LogP contribution is 2.28. The quantitative estimate of drug-likeness (QED) is 0.896. The number of aromatic nitrogens is 1. The van der Waals surface area contributed by atoms with Crippen molar-refractivity contribution in [3.63, 3.8) is 0 Å². The monoisotopic (exact) mass is 254 g/mol. The van der Waals surface area contributed by atoms with E-state index in [1.807, 2.05) is 18.2 Å². The maximum atomic E-state index is 5.37. The fourth-order valence-corrected chi connectivity index (χ4v) is 1.30. The summed E-state index contributed by atoms with van der Waals surface area (Å²) in [6.07, 6.45) is 1.46. The van der Waals surface area contributed by atoms with Crippen molar-refractivity contribution in [2.75, 3.05) is 5.73 Å². The molecule has 2 aromatic rings. The number of rotatable bonds is 2. The predicted molar refractivity (Wildman–Crippen MR) is 55.1 cm³/mol. The molecule has 0 saturated carbocycles. The lowest BCUT2D eigenvalue weighted by Crippen LogP contribution is -1.86. The average molecular weight is 255 g/mol. The van der Waals surface area contributed by atoms with Crippen LogP contribution in [0.2, 0.25) is 0 Å². The Bertz CT molecular complexity index is 442. The summed E-state index contributed by atoms with van der Waals surface area (Å²) in [5, 5.41) is 0. The molecule has 1 aromatic carbocycles. The maximum absolute atomic E-state index is 5.37. The number of nitrogens with zero attached hydrogens (tertiary/aromatic N) is 1. The number of oxazole rings is 1. The summed E-state index contributed by atoms with van der Waals surface area (Å²) in [4.78, 5) is 3.82. The molecule has 0 unspecified atom stereocenters. The van der Waals surface area contributed by atoms with Gasteiger partial charge in [-0.2, -0.15) is 4.98 Å². The van der Waals surface area contributed by atoms with E-state index in [9.17, 15) is 0 Å². The highest BCUT2D eigenvalue weighted by Gasteiger charge is 2.06. The Morgan fingerprint density at radius 1 is 1.36 bits per heavy atom. The number of ether oxygens (including phenoxy) is 1. The third-order valence-corrected chi connectivity index (χ3v) is 2.19. The number of hydrogen-bond donors (Lipinski definition) is 1. The molecule has 0 aliphatic heterocycles. The zero-order valence-corrected chi connectivity index (χ0v) is 8.69. The lowest BCUT2D eigenvalue weighted by atomic mass is 10.3. The third kappa shape index (κ3) is 1.88. The molecule has 0 amide bonds. The van der Waals surface area contributed by atoms with Crippen molar-refractivity contribution >= 4 is 21.7 Å².